The molecule has 0 fully saturated rings. The van der Waals surface area contributed by atoms with Crippen molar-refractivity contribution < 1.29 is 4.39 Å². The second-order valence-electron chi connectivity index (χ2n) is 7.28. The van der Waals surface area contributed by atoms with Gasteiger partial charge >= 0.3 is 0 Å². The zero-order chi connectivity index (χ0) is 17.6. The molecule has 1 unspecified atom stereocenters. The maximum absolute atomic E-state index is 13.9. The Hall–Kier alpha value is -2.16. The summed E-state index contributed by atoms with van der Waals surface area (Å²) in [4.78, 5) is 6.75. The number of halogens is 1. The summed E-state index contributed by atoms with van der Waals surface area (Å²) < 4.78 is 13.9. The first kappa shape index (κ1) is 16.7. The predicted molar refractivity (Wildman–Crippen MR) is 98.8 cm³/mol. The molecule has 0 bridgehead atoms. The van der Waals surface area contributed by atoms with Gasteiger partial charge in [0, 0.05) is 12.6 Å². The monoisotopic (exact) mass is 324 g/mol. The third-order valence-corrected chi connectivity index (χ3v) is 5.32. The van der Waals surface area contributed by atoms with Crippen LogP contribution in [0.2, 0.25) is 0 Å². The first-order valence-electron chi connectivity index (χ1n) is 8.44. The number of aliphatic imine (C=N–C) groups is 1. The highest BCUT2D eigenvalue weighted by Crippen LogP contribution is 2.44. The lowest BCUT2D eigenvalue weighted by atomic mass is 9.78. The van der Waals surface area contributed by atoms with Crippen LogP contribution in [0.1, 0.15) is 54.5 Å². The Balaban J connectivity index is 2.24. The van der Waals surface area contributed by atoms with Crippen LogP contribution in [0, 0.1) is 19.7 Å². The molecule has 0 saturated carbocycles. The SMILES string of the molecule is Cc1cc(C2(C)c3ccc(C(C)C)cc3N=CN2C)c(C)cc1F. The van der Waals surface area contributed by atoms with Crippen LogP contribution in [0.4, 0.5) is 10.1 Å². The molecule has 1 aliphatic rings. The summed E-state index contributed by atoms with van der Waals surface area (Å²) in [5.41, 5.74) is 5.83. The minimum Gasteiger partial charge on any atom is -0.352 e. The van der Waals surface area contributed by atoms with Gasteiger partial charge in [0.15, 0.2) is 0 Å². The Bertz CT molecular complexity index is 823. The fourth-order valence-corrected chi connectivity index (χ4v) is 3.52. The van der Waals surface area contributed by atoms with E-state index in [1.165, 1.54) is 5.56 Å². The van der Waals surface area contributed by atoms with Crippen LogP contribution in [0.15, 0.2) is 35.3 Å². The lowest BCUT2D eigenvalue weighted by Crippen LogP contribution is -2.43. The molecule has 0 spiro atoms. The van der Waals surface area contributed by atoms with Gasteiger partial charge in [0.1, 0.15) is 5.82 Å². The summed E-state index contributed by atoms with van der Waals surface area (Å²) in [7, 11) is 2.03. The van der Waals surface area contributed by atoms with E-state index in [1.807, 2.05) is 33.3 Å². The van der Waals surface area contributed by atoms with Crippen molar-refractivity contribution in [2.45, 2.75) is 46.1 Å². The Kier molecular flexibility index (Phi) is 3.98. The third kappa shape index (κ3) is 2.43. The molecule has 1 atom stereocenters. The molecule has 0 radical (unpaired) electrons. The van der Waals surface area contributed by atoms with Gasteiger partial charge in [-0.25, -0.2) is 9.38 Å². The fourth-order valence-electron chi connectivity index (χ4n) is 3.52. The molecule has 1 heterocycles. The van der Waals surface area contributed by atoms with Crippen molar-refractivity contribution in [3.05, 3.63) is 64.0 Å². The molecule has 126 valence electrons. The summed E-state index contributed by atoms with van der Waals surface area (Å²) in [5, 5.41) is 0. The molecule has 0 N–H and O–H groups in total. The Morgan fingerprint density at radius 3 is 2.42 bits per heavy atom. The number of benzene rings is 2. The maximum atomic E-state index is 13.9. The van der Waals surface area contributed by atoms with Crippen molar-refractivity contribution in [2.24, 2.45) is 4.99 Å². The molecule has 1 aliphatic heterocycles. The number of aryl methyl sites for hydroxylation is 2. The van der Waals surface area contributed by atoms with Gasteiger partial charge in [0.2, 0.25) is 0 Å². The Labute approximate surface area is 144 Å². The van der Waals surface area contributed by atoms with Crippen LogP contribution < -0.4 is 0 Å². The molecular weight excluding hydrogens is 299 g/mol. The summed E-state index contributed by atoms with van der Waals surface area (Å²) in [5.74, 6) is 0.313. The molecule has 2 aromatic rings. The van der Waals surface area contributed by atoms with Crippen LogP contribution in [0.5, 0.6) is 0 Å². The van der Waals surface area contributed by atoms with E-state index < -0.39 is 0 Å². The van der Waals surface area contributed by atoms with Crippen molar-refractivity contribution in [3.63, 3.8) is 0 Å². The maximum Gasteiger partial charge on any atom is 0.126 e. The molecule has 3 rings (SSSR count). The molecule has 0 amide bonds. The van der Waals surface area contributed by atoms with Crippen LogP contribution in [0.25, 0.3) is 0 Å². The van der Waals surface area contributed by atoms with E-state index in [9.17, 15) is 4.39 Å². The second kappa shape index (κ2) is 5.73. The fraction of sp³-hybridized carbons (Fsp3) is 0.381. The Morgan fingerprint density at radius 1 is 1.04 bits per heavy atom. The first-order chi connectivity index (χ1) is 11.2. The van der Waals surface area contributed by atoms with Gasteiger partial charge in [0.05, 0.1) is 17.6 Å². The largest absolute Gasteiger partial charge is 0.352 e. The van der Waals surface area contributed by atoms with E-state index in [4.69, 9.17) is 0 Å². The zero-order valence-corrected chi connectivity index (χ0v) is 15.3. The van der Waals surface area contributed by atoms with Crippen molar-refractivity contribution in [1.82, 2.24) is 4.90 Å². The molecular formula is C21H25FN2. The van der Waals surface area contributed by atoms with Gasteiger partial charge in [-0.3, -0.25) is 0 Å². The van der Waals surface area contributed by atoms with Crippen molar-refractivity contribution in [3.8, 4) is 0 Å². The summed E-state index contributed by atoms with van der Waals surface area (Å²) >= 11 is 0. The van der Waals surface area contributed by atoms with E-state index in [1.54, 1.807) is 6.07 Å². The third-order valence-electron chi connectivity index (χ3n) is 5.32. The van der Waals surface area contributed by atoms with Crippen LogP contribution >= 0.6 is 0 Å². The molecule has 2 aromatic carbocycles. The van der Waals surface area contributed by atoms with Crippen LogP contribution in [0.3, 0.4) is 0 Å². The molecule has 2 nitrogen and oxygen atoms in total. The highest BCUT2D eigenvalue weighted by atomic mass is 19.1. The molecule has 0 saturated heterocycles. The standard InChI is InChI=1S/C21H25FN2/c1-13(2)16-7-8-17-20(11-16)23-12-24(6)21(17,5)18-9-15(4)19(22)10-14(18)3/h7-13H,1-6H3. The van der Waals surface area contributed by atoms with Gasteiger partial charge in [-0.1, -0.05) is 32.0 Å². The van der Waals surface area contributed by atoms with Crippen LogP contribution in [-0.4, -0.2) is 18.3 Å². The lowest BCUT2D eigenvalue weighted by molar-refractivity contribution is 0.290. The predicted octanol–water partition coefficient (Wildman–Crippen LogP) is 5.43. The molecule has 0 aliphatic carbocycles. The van der Waals surface area contributed by atoms with Gasteiger partial charge in [0.25, 0.3) is 0 Å². The Morgan fingerprint density at radius 2 is 1.75 bits per heavy atom. The number of fused-ring (bicyclic) bond motifs is 1. The van der Waals surface area contributed by atoms with E-state index in [2.05, 4.69) is 48.9 Å². The molecule has 3 heteroatoms. The molecule has 0 aromatic heterocycles. The highest BCUT2D eigenvalue weighted by molar-refractivity contribution is 5.72. The summed E-state index contributed by atoms with van der Waals surface area (Å²) in [6, 6.07) is 10.1. The number of hydrogen-bond donors (Lipinski definition) is 0. The normalized spacial score (nSPS) is 19.8. The van der Waals surface area contributed by atoms with E-state index in [-0.39, 0.29) is 11.4 Å². The topological polar surface area (TPSA) is 15.6 Å². The number of hydrogen-bond acceptors (Lipinski definition) is 2. The van der Waals surface area contributed by atoms with Crippen molar-refractivity contribution in [1.29, 1.82) is 0 Å². The minimum absolute atomic E-state index is 0.151. The minimum atomic E-state index is -0.366. The van der Waals surface area contributed by atoms with Crippen LogP contribution in [-0.2, 0) is 5.54 Å². The van der Waals surface area contributed by atoms with Crippen molar-refractivity contribution in [2.75, 3.05) is 7.05 Å². The number of nitrogens with zero attached hydrogens (tertiary/aromatic N) is 2. The summed E-state index contributed by atoms with van der Waals surface area (Å²) in [6.45, 7) is 10.4. The lowest BCUT2D eigenvalue weighted by Gasteiger charge is -2.43. The number of rotatable bonds is 2. The van der Waals surface area contributed by atoms with Gasteiger partial charge in [-0.2, -0.15) is 0 Å². The van der Waals surface area contributed by atoms with E-state index in [0.717, 1.165) is 22.4 Å². The zero-order valence-electron chi connectivity index (χ0n) is 15.3. The van der Waals surface area contributed by atoms with Crippen molar-refractivity contribution >= 4 is 12.0 Å². The molecule has 24 heavy (non-hydrogen) atoms. The van der Waals surface area contributed by atoms with Gasteiger partial charge in [-0.15, -0.1) is 0 Å². The summed E-state index contributed by atoms with van der Waals surface area (Å²) in [6.07, 6.45) is 1.88. The first-order valence-corrected chi connectivity index (χ1v) is 8.44. The average Bonchev–Trinajstić information content (AvgIpc) is 2.54. The second-order valence-corrected chi connectivity index (χ2v) is 7.28. The van der Waals surface area contributed by atoms with Gasteiger partial charge < -0.3 is 4.90 Å². The van der Waals surface area contributed by atoms with E-state index in [0.29, 0.717) is 11.5 Å². The average molecular weight is 324 g/mol. The van der Waals surface area contributed by atoms with E-state index >= 15 is 0 Å². The highest BCUT2D eigenvalue weighted by Gasteiger charge is 2.38. The quantitative estimate of drug-likeness (QED) is 0.718. The smallest absolute Gasteiger partial charge is 0.126 e. The van der Waals surface area contributed by atoms with Gasteiger partial charge in [-0.05, 0) is 61.1 Å².